The van der Waals surface area contributed by atoms with Gasteiger partial charge in [0.1, 0.15) is 5.75 Å². The van der Waals surface area contributed by atoms with E-state index in [9.17, 15) is 5.11 Å². The Morgan fingerprint density at radius 2 is 2.05 bits per heavy atom. The molecule has 1 N–H and O–H groups in total. The number of rotatable bonds is 4. The molecule has 0 spiro atoms. The van der Waals surface area contributed by atoms with Crippen LogP contribution in [0.5, 0.6) is 5.75 Å². The SMILES string of the molecule is CCC1CN(Cc2ccc(OC)cc2)CC(O)CO1. The third kappa shape index (κ3) is 4.20. The van der Waals surface area contributed by atoms with E-state index < -0.39 is 6.10 Å². The molecule has 1 aliphatic heterocycles. The van der Waals surface area contributed by atoms with Crippen molar-refractivity contribution in [2.75, 3.05) is 26.8 Å². The summed E-state index contributed by atoms with van der Waals surface area (Å²) in [5.41, 5.74) is 1.23. The van der Waals surface area contributed by atoms with Crippen LogP contribution in [0.25, 0.3) is 0 Å². The average molecular weight is 265 g/mol. The zero-order valence-electron chi connectivity index (χ0n) is 11.7. The molecule has 2 unspecified atom stereocenters. The second-order valence-electron chi connectivity index (χ2n) is 5.06. The van der Waals surface area contributed by atoms with Crippen LogP contribution in [-0.2, 0) is 11.3 Å². The van der Waals surface area contributed by atoms with Crippen LogP contribution in [0, 0.1) is 0 Å². The Morgan fingerprint density at radius 3 is 2.68 bits per heavy atom. The van der Waals surface area contributed by atoms with Crippen LogP contribution in [0.4, 0.5) is 0 Å². The number of methoxy groups -OCH3 is 1. The number of benzene rings is 1. The lowest BCUT2D eigenvalue weighted by atomic mass is 10.2. The summed E-state index contributed by atoms with van der Waals surface area (Å²) in [4.78, 5) is 2.26. The standard InChI is InChI=1S/C15H23NO3/c1-3-14-10-16(9-13(17)11-19-14)8-12-4-6-15(18-2)7-5-12/h4-7,13-14,17H,3,8-11H2,1-2H3. The van der Waals surface area contributed by atoms with Gasteiger partial charge in [0, 0.05) is 19.6 Å². The number of ether oxygens (including phenoxy) is 2. The van der Waals surface area contributed by atoms with Crippen molar-refractivity contribution in [3.63, 3.8) is 0 Å². The van der Waals surface area contributed by atoms with Gasteiger partial charge in [0.15, 0.2) is 0 Å². The van der Waals surface area contributed by atoms with E-state index in [1.165, 1.54) is 5.56 Å². The minimum atomic E-state index is -0.394. The van der Waals surface area contributed by atoms with Gasteiger partial charge in [-0.25, -0.2) is 0 Å². The highest BCUT2D eigenvalue weighted by Gasteiger charge is 2.22. The van der Waals surface area contributed by atoms with Crippen molar-refractivity contribution in [2.24, 2.45) is 0 Å². The van der Waals surface area contributed by atoms with E-state index >= 15 is 0 Å². The first-order chi connectivity index (χ1) is 9.21. The number of hydrogen-bond donors (Lipinski definition) is 1. The summed E-state index contributed by atoms with van der Waals surface area (Å²) >= 11 is 0. The van der Waals surface area contributed by atoms with Gasteiger partial charge in [0.05, 0.1) is 25.9 Å². The van der Waals surface area contributed by atoms with Gasteiger partial charge in [-0.1, -0.05) is 19.1 Å². The minimum absolute atomic E-state index is 0.218. The van der Waals surface area contributed by atoms with Crippen molar-refractivity contribution in [3.8, 4) is 5.75 Å². The fourth-order valence-corrected chi connectivity index (χ4v) is 2.38. The van der Waals surface area contributed by atoms with Crippen molar-refractivity contribution >= 4 is 0 Å². The van der Waals surface area contributed by atoms with E-state index in [1.54, 1.807) is 7.11 Å². The normalized spacial score (nSPS) is 25.0. The van der Waals surface area contributed by atoms with Crippen LogP contribution in [0.2, 0.25) is 0 Å². The molecule has 2 rings (SSSR count). The predicted octanol–water partition coefficient (Wildman–Crippen LogP) is 1.67. The Labute approximate surface area is 114 Å². The number of nitrogens with zero attached hydrogens (tertiary/aromatic N) is 1. The van der Waals surface area contributed by atoms with E-state index in [0.717, 1.165) is 25.3 Å². The number of hydrogen-bond acceptors (Lipinski definition) is 4. The number of β-amino-alcohol motifs (C(OH)–C–C–N with tert-alkyl or cyclic N) is 1. The van der Waals surface area contributed by atoms with Gasteiger partial charge in [-0.15, -0.1) is 0 Å². The molecule has 1 aromatic carbocycles. The van der Waals surface area contributed by atoms with Crippen LogP contribution < -0.4 is 4.74 Å². The molecule has 0 saturated carbocycles. The van der Waals surface area contributed by atoms with E-state index in [1.807, 2.05) is 12.1 Å². The molecule has 0 aromatic heterocycles. The fraction of sp³-hybridized carbons (Fsp3) is 0.600. The molecule has 4 nitrogen and oxygen atoms in total. The lowest BCUT2D eigenvalue weighted by Gasteiger charge is -2.23. The van der Waals surface area contributed by atoms with Gasteiger partial charge in [-0.2, -0.15) is 0 Å². The summed E-state index contributed by atoms with van der Waals surface area (Å²) in [6.07, 6.45) is 0.802. The van der Waals surface area contributed by atoms with Gasteiger partial charge in [0.2, 0.25) is 0 Å². The van der Waals surface area contributed by atoms with Crippen LogP contribution in [0.3, 0.4) is 0 Å². The lowest BCUT2D eigenvalue weighted by molar-refractivity contribution is 0.0120. The molecule has 2 atom stereocenters. The molecule has 1 heterocycles. The fourth-order valence-electron chi connectivity index (χ4n) is 2.38. The minimum Gasteiger partial charge on any atom is -0.497 e. The van der Waals surface area contributed by atoms with Crippen molar-refractivity contribution in [1.82, 2.24) is 4.90 Å². The van der Waals surface area contributed by atoms with Crippen molar-refractivity contribution < 1.29 is 14.6 Å². The van der Waals surface area contributed by atoms with Gasteiger partial charge in [-0.3, -0.25) is 4.90 Å². The molecule has 0 bridgehead atoms. The third-order valence-corrected chi connectivity index (χ3v) is 3.48. The largest absolute Gasteiger partial charge is 0.497 e. The van der Waals surface area contributed by atoms with Gasteiger partial charge in [-0.05, 0) is 24.1 Å². The first-order valence-electron chi connectivity index (χ1n) is 6.86. The summed E-state index contributed by atoms with van der Waals surface area (Å²) in [6.45, 7) is 4.94. The molecular formula is C15H23NO3. The Hall–Kier alpha value is -1.10. The average Bonchev–Trinajstić information content (AvgIpc) is 2.61. The van der Waals surface area contributed by atoms with Crippen molar-refractivity contribution in [1.29, 1.82) is 0 Å². The second kappa shape index (κ2) is 6.89. The molecule has 0 aliphatic carbocycles. The van der Waals surface area contributed by atoms with E-state index in [-0.39, 0.29) is 6.10 Å². The predicted molar refractivity (Wildman–Crippen MR) is 74.3 cm³/mol. The van der Waals surface area contributed by atoms with Gasteiger partial charge >= 0.3 is 0 Å². The zero-order chi connectivity index (χ0) is 13.7. The van der Waals surface area contributed by atoms with E-state index in [2.05, 4.69) is 24.0 Å². The summed E-state index contributed by atoms with van der Waals surface area (Å²) in [7, 11) is 1.67. The Balaban J connectivity index is 1.98. The quantitative estimate of drug-likeness (QED) is 0.899. The maximum Gasteiger partial charge on any atom is 0.118 e. The van der Waals surface area contributed by atoms with Crippen molar-refractivity contribution in [3.05, 3.63) is 29.8 Å². The van der Waals surface area contributed by atoms with Crippen LogP contribution in [0.15, 0.2) is 24.3 Å². The molecule has 1 aromatic rings. The zero-order valence-corrected chi connectivity index (χ0v) is 11.7. The van der Waals surface area contributed by atoms with Crippen LogP contribution in [-0.4, -0.2) is 49.0 Å². The highest BCUT2D eigenvalue weighted by Crippen LogP contribution is 2.16. The summed E-state index contributed by atoms with van der Waals surface area (Å²) < 4.78 is 10.8. The highest BCUT2D eigenvalue weighted by atomic mass is 16.5. The molecule has 0 radical (unpaired) electrons. The summed E-state index contributed by atoms with van der Waals surface area (Å²) in [5, 5.41) is 9.85. The molecular weight excluding hydrogens is 242 g/mol. The molecule has 1 fully saturated rings. The molecule has 19 heavy (non-hydrogen) atoms. The highest BCUT2D eigenvalue weighted by molar-refractivity contribution is 5.27. The molecule has 4 heteroatoms. The smallest absolute Gasteiger partial charge is 0.118 e. The lowest BCUT2D eigenvalue weighted by Crippen LogP contribution is -2.34. The van der Waals surface area contributed by atoms with Gasteiger partial charge in [0.25, 0.3) is 0 Å². The topological polar surface area (TPSA) is 41.9 Å². The molecule has 0 amide bonds. The number of aliphatic hydroxyl groups is 1. The maximum absolute atomic E-state index is 9.85. The van der Waals surface area contributed by atoms with Crippen molar-refractivity contribution in [2.45, 2.75) is 32.1 Å². The monoisotopic (exact) mass is 265 g/mol. The first-order valence-corrected chi connectivity index (χ1v) is 6.86. The van der Waals surface area contributed by atoms with Crippen LogP contribution >= 0.6 is 0 Å². The summed E-state index contributed by atoms with van der Waals surface area (Å²) in [6, 6.07) is 8.07. The van der Waals surface area contributed by atoms with E-state index in [0.29, 0.717) is 13.2 Å². The first kappa shape index (κ1) is 14.3. The third-order valence-electron chi connectivity index (χ3n) is 3.48. The second-order valence-corrected chi connectivity index (χ2v) is 5.06. The Kier molecular flexibility index (Phi) is 5.19. The molecule has 1 aliphatic rings. The van der Waals surface area contributed by atoms with Gasteiger partial charge < -0.3 is 14.6 Å². The maximum atomic E-state index is 9.85. The summed E-state index contributed by atoms with van der Waals surface area (Å²) in [5.74, 6) is 0.870. The Morgan fingerprint density at radius 1 is 1.32 bits per heavy atom. The Bertz CT molecular complexity index is 379. The molecule has 1 saturated heterocycles. The molecule has 106 valence electrons. The van der Waals surface area contributed by atoms with E-state index in [4.69, 9.17) is 9.47 Å². The number of aliphatic hydroxyl groups excluding tert-OH is 1. The van der Waals surface area contributed by atoms with Crippen LogP contribution in [0.1, 0.15) is 18.9 Å².